The lowest BCUT2D eigenvalue weighted by Crippen LogP contribution is -2.38. The molecule has 118 valence electrons. The van der Waals surface area contributed by atoms with Crippen LogP contribution in [0.1, 0.15) is 24.7 Å². The summed E-state index contributed by atoms with van der Waals surface area (Å²) in [5.74, 6) is -0.411. The topological polar surface area (TPSA) is 67.3 Å². The molecule has 1 atom stereocenters. The standard InChI is InChI=1S/C15H18N2O3S2/c1-3-17(4-2)14(18)13(12-8-6-5-7-9-12)22(19,20)15-16-10-11-21-15/h5-11,13H,3-4H2,1-2H3/t13-/m1/s1. The van der Waals surface area contributed by atoms with E-state index in [4.69, 9.17) is 0 Å². The number of nitrogens with zero attached hydrogens (tertiary/aromatic N) is 2. The fourth-order valence-electron chi connectivity index (χ4n) is 2.24. The lowest BCUT2D eigenvalue weighted by atomic mass is 10.1. The van der Waals surface area contributed by atoms with Crippen molar-refractivity contribution in [2.75, 3.05) is 13.1 Å². The van der Waals surface area contributed by atoms with Crippen molar-refractivity contribution in [1.82, 2.24) is 9.88 Å². The van der Waals surface area contributed by atoms with E-state index in [1.807, 2.05) is 13.8 Å². The molecule has 1 heterocycles. The first-order chi connectivity index (χ1) is 10.5. The first-order valence-corrected chi connectivity index (χ1v) is 9.42. The number of thiazole rings is 1. The molecule has 0 aliphatic rings. The van der Waals surface area contributed by atoms with Gasteiger partial charge in [-0.05, 0) is 19.4 Å². The number of benzene rings is 1. The highest BCUT2D eigenvalue weighted by atomic mass is 32.2. The Morgan fingerprint density at radius 1 is 1.23 bits per heavy atom. The summed E-state index contributed by atoms with van der Waals surface area (Å²) in [6.45, 7) is 4.59. The van der Waals surface area contributed by atoms with E-state index < -0.39 is 21.0 Å². The summed E-state index contributed by atoms with van der Waals surface area (Å²) in [4.78, 5) is 18.2. The van der Waals surface area contributed by atoms with Gasteiger partial charge in [-0.1, -0.05) is 30.3 Å². The predicted molar refractivity (Wildman–Crippen MR) is 86.4 cm³/mol. The van der Waals surface area contributed by atoms with Crippen LogP contribution in [-0.4, -0.2) is 37.3 Å². The molecule has 2 aromatic rings. The van der Waals surface area contributed by atoms with Gasteiger partial charge in [0.15, 0.2) is 5.25 Å². The second-order valence-electron chi connectivity index (χ2n) is 4.64. The van der Waals surface area contributed by atoms with Crippen molar-refractivity contribution in [3.05, 3.63) is 47.5 Å². The number of aromatic nitrogens is 1. The second kappa shape index (κ2) is 7.02. The molecule has 1 amide bonds. The van der Waals surface area contributed by atoms with E-state index in [0.29, 0.717) is 18.7 Å². The van der Waals surface area contributed by atoms with Crippen LogP contribution < -0.4 is 0 Å². The van der Waals surface area contributed by atoms with Gasteiger partial charge in [0, 0.05) is 24.7 Å². The third-order valence-corrected chi connectivity index (χ3v) is 6.60. The van der Waals surface area contributed by atoms with Crippen LogP contribution in [0.25, 0.3) is 0 Å². The Balaban J connectivity index is 2.54. The molecular weight excluding hydrogens is 320 g/mol. The molecule has 2 rings (SSSR count). The van der Waals surface area contributed by atoms with Gasteiger partial charge in [-0.2, -0.15) is 0 Å². The van der Waals surface area contributed by atoms with E-state index >= 15 is 0 Å². The molecule has 0 fully saturated rings. The van der Waals surface area contributed by atoms with Crippen LogP contribution in [0.5, 0.6) is 0 Å². The first kappa shape index (κ1) is 16.6. The van der Waals surface area contributed by atoms with Gasteiger partial charge in [-0.3, -0.25) is 4.79 Å². The molecule has 0 spiro atoms. The van der Waals surface area contributed by atoms with Crippen LogP contribution in [0.4, 0.5) is 0 Å². The minimum atomic E-state index is -3.86. The van der Waals surface area contributed by atoms with Gasteiger partial charge in [0.05, 0.1) is 0 Å². The Morgan fingerprint density at radius 2 is 1.86 bits per heavy atom. The maximum atomic E-state index is 12.9. The Hall–Kier alpha value is -1.73. The maximum absolute atomic E-state index is 12.9. The number of hydrogen-bond donors (Lipinski definition) is 0. The number of likely N-dealkylation sites (N-methyl/N-ethyl adjacent to an activating group) is 1. The summed E-state index contributed by atoms with van der Waals surface area (Å²) in [5, 5.41) is 0.344. The summed E-state index contributed by atoms with van der Waals surface area (Å²) in [5.41, 5.74) is 0.467. The van der Waals surface area contributed by atoms with E-state index in [0.717, 1.165) is 11.3 Å². The smallest absolute Gasteiger partial charge is 0.245 e. The Bertz CT molecular complexity index is 709. The third-order valence-electron chi connectivity index (χ3n) is 3.37. The number of sulfone groups is 1. The van der Waals surface area contributed by atoms with Gasteiger partial charge in [0.25, 0.3) is 0 Å². The van der Waals surface area contributed by atoms with Crippen molar-refractivity contribution in [3.8, 4) is 0 Å². The molecule has 1 aromatic heterocycles. The average Bonchev–Trinajstić information content (AvgIpc) is 3.04. The van der Waals surface area contributed by atoms with Crippen LogP contribution in [0.15, 0.2) is 46.2 Å². The number of carbonyl (C=O) groups is 1. The van der Waals surface area contributed by atoms with Crippen molar-refractivity contribution >= 4 is 27.1 Å². The van der Waals surface area contributed by atoms with Crippen molar-refractivity contribution in [3.63, 3.8) is 0 Å². The minimum Gasteiger partial charge on any atom is -0.342 e. The SMILES string of the molecule is CCN(CC)C(=O)[C@@H](c1ccccc1)S(=O)(=O)c1nccs1. The number of rotatable bonds is 6. The second-order valence-corrected chi connectivity index (χ2v) is 7.75. The fraction of sp³-hybridized carbons (Fsp3) is 0.333. The van der Waals surface area contributed by atoms with E-state index in [1.54, 1.807) is 35.7 Å². The molecule has 1 aromatic carbocycles. The van der Waals surface area contributed by atoms with Crippen LogP contribution in [0, 0.1) is 0 Å². The molecule has 7 heteroatoms. The lowest BCUT2D eigenvalue weighted by molar-refractivity contribution is -0.130. The molecular formula is C15H18N2O3S2. The average molecular weight is 338 g/mol. The van der Waals surface area contributed by atoms with Gasteiger partial charge in [0.2, 0.25) is 20.1 Å². The molecule has 0 saturated carbocycles. The van der Waals surface area contributed by atoms with Gasteiger partial charge >= 0.3 is 0 Å². The van der Waals surface area contributed by atoms with Crippen molar-refractivity contribution in [2.24, 2.45) is 0 Å². The molecule has 0 N–H and O–H groups in total. The molecule has 0 aliphatic heterocycles. The third kappa shape index (κ3) is 3.20. The highest BCUT2D eigenvalue weighted by Crippen LogP contribution is 2.31. The molecule has 0 aliphatic carbocycles. The Morgan fingerprint density at radius 3 is 2.36 bits per heavy atom. The summed E-state index contributed by atoms with van der Waals surface area (Å²) >= 11 is 1.03. The van der Waals surface area contributed by atoms with Gasteiger partial charge in [-0.25, -0.2) is 13.4 Å². The molecule has 0 unspecified atom stereocenters. The zero-order valence-corrected chi connectivity index (χ0v) is 14.1. The predicted octanol–water partition coefficient (Wildman–Crippen LogP) is 2.53. The lowest BCUT2D eigenvalue weighted by Gasteiger charge is -2.24. The van der Waals surface area contributed by atoms with Crippen molar-refractivity contribution < 1.29 is 13.2 Å². The zero-order chi connectivity index (χ0) is 16.2. The van der Waals surface area contributed by atoms with E-state index in [1.165, 1.54) is 11.1 Å². The summed E-state index contributed by atoms with van der Waals surface area (Å²) in [7, 11) is -3.86. The highest BCUT2D eigenvalue weighted by Gasteiger charge is 2.39. The van der Waals surface area contributed by atoms with Gasteiger partial charge < -0.3 is 4.90 Å². The van der Waals surface area contributed by atoms with Crippen LogP contribution in [-0.2, 0) is 14.6 Å². The summed E-state index contributed by atoms with van der Waals surface area (Å²) < 4.78 is 25.7. The van der Waals surface area contributed by atoms with Crippen LogP contribution in [0.2, 0.25) is 0 Å². The Labute approximate surface area is 134 Å². The summed E-state index contributed by atoms with van der Waals surface area (Å²) in [6, 6.07) is 8.58. The zero-order valence-electron chi connectivity index (χ0n) is 12.5. The molecule has 5 nitrogen and oxygen atoms in total. The monoisotopic (exact) mass is 338 g/mol. The van der Waals surface area contributed by atoms with E-state index in [9.17, 15) is 13.2 Å². The molecule has 0 radical (unpaired) electrons. The van der Waals surface area contributed by atoms with Crippen LogP contribution in [0.3, 0.4) is 0 Å². The maximum Gasteiger partial charge on any atom is 0.245 e. The molecule has 0 saturated heterocycles. The minimum absolute atomic E-state index is 0.0261. The highest BCUT2D eigenvalue weighted by molar-refractivity contribution is 7.94. The number of hydrogen-bond acceptors (Lipinski definition) is 5. The van der Waals surface area contributed by atoms with E-state index in [-0.39, 0.29) is 4.34 Å². The van der Waals surface area contributed by atoms with Gasteiger partial charge in [-0.15, -0.1) is 11.3 Å². The van der Waals surface area contributed by atoms with Crippen molar-refractivity contribution in [2.45, 2.75) is 23.4 Å². The Kier molecular flexibility index (Phi) is 5.31. The number of carbonyl (C=O) groups excluding carboxylic acids is 1. The summed E-state index contributed by atoms with van der Waals surface area (Å²) in [6.07, 6.45) is 1.43. The normalized spacial score (nSPS) is 12.8. The first-order valence-electron chi connectivity index (χ1n) is 6.99. The van der Waals surface area contributed by atoms with Crippen LogP contribution >= 0.6 is 11.3 Å². The molecule has 0 bridgehead atoms. The fourth-order valence-corrected chi connectivity index (χ4v) is 4.93. The van der Waals surface area contributed by atoms with Gasteiger partial charge in [0.1, 0.15) is 0 Å². The largest absolute Gasteiger partial charge is 0.342 e. The quantitative estimate of drug-likeness (QED) is 0.812. The molecule has 22 heavy (non-hydrogen) atoms. The van der Waals surface area contributed by atoms with Crippen molar-refractivity contribution in [1.29, 1.82) is 0 Å². The number of amides is 1. The van der Waals surface area contributed by atoms with E-state index in [2.05, 4.69) is 4.98 Å².